The van der Waals surface area contributed by atoms with E-state index in [2.05, 4.69) is 60.7 Å². The third-order valence-corrected chi connectivity index (χ3v) is 9.59. The van der Waals surface area contributed by atoms with Gasteiger partial charge in [0, 0.05) is 51.9 Å². The van der Waals surface area contributed by atoms with Crippen molar-refractivity contribution in [1.82, 2.24) is 9.97 Å². The van der Waals surface area contributed by atoms with Crippen LogP contribution in [0.15, 0.2) is 111 Å². The molecule has 0 saturated heterocycles. The maximum atomic E-state index is 6.31. The van der Waals surface area contributed by atoms with Gasteiger partial charge >= 0.3 is 0 Å². The molecule has 0 bridgehead atoms. The molecule has 0 radical (unpaired) electrons. The second-order valence-corrected chi connectivity index (χ2v) is 11.5. The van der Waals surface area contributed by atoms with Crippen LogP contribution in [0.5, 0.6) is 0 Å². The zero-order valence-electron chi connectivity index (χ0n) is 19.4. The lowest BCUT2D eigenvalue weighted by molar-refractivity contribution is 0.667. The Bertz CT molecular complexity index is 2230. The third kappa shape index (κ3) is 2.67. The first-order valence-electron chi connectivity index (χ1n) is 12.2. The van der Waals surface area contributed by atoms with Gasteiger partial charge in [-0.25, -0.2) is 9.97 Å². The number of rotatable bonds is 2. The molecule has 3 aromatic heterocycles. The van der Waals surface area contributed by atoms with Crippen LogP contribution in [0.25, 0.3) is 75.7 Å². The largest absolute Gasteiger partial charge is 0.452 e. The van der Waals surface area contributed by atoms with Gasteiger partial charge in [-0.05, 0) is 41.8 Å². The van der Waals surface area contributed by atoms with Gasteiger partial charge in [0.25, 0.3) is 0 Å². The van der Waals surface area contributed by atoms with Gasteiger partial charge in [-0.3, -0.25) is 0 Å². The van der Waals surface area contributed by atoms with Crippen molar-refractivity contribution in [3.8, 4) is 22.6 Å². The van der Waals surface area contributed by atoms with E-state index in [1.807, 2.05) is 59.5 Å². The maximum absolute atomic E-state index is 6.31. The van der Waals surface area contributed by atoms with Gasteiger partial charge in [0.15, 0.2) is 11.4 Å². The van der Waals surface area contributed by atoms with Crippen LogP contribution in [0.4, 0.5) is 0 Å². The molecule has 0 amide bonds. The molecule has 172 valence electrons. The minimum absolute atomic E-state index is 0.729. The van der Waals surface area contributed by atoms with E-state index in [0.717, 1.165) is 44.7 Å². The first-order chi connectivity index (χ1) is 18.3. The molecule has 0 unspecified atom stereocenters. The minimum Gasteiger partial charge on any atom is -0.452 e. The Kier molecular flexibility index (Phi) is 3.87. The summed E-state index contributed by atoms with van der Waals surface area (Å²) in [6.45, 7) is 0. The Morgan fingerprint density at radius 1 is 0.649 bits per heavy atom. The van der Waals surface area contributed by atoms with Crippen molar-refractivity contribution >= 4 is 76.1 Å². The van der Waals surface area contributed by atoms with Gasteiger partial charge < -0.3 is 4.42 Å². The molecule has 5 heteroatoms. The topological polar surface area (TPSA) is 38.9 Å². The Balaban J connectivity index is 1.42. The molecule has 4 heterocycles. The number of nitrogens with zero attached hydrogens (tertiary/aromatic N) is 2. The molecule has 0 spiro atoms. The summed E-state index contributed by atoms with van der Waals surface area (Å²) in [5.41, 5.74) is 5.32. The molecular formula is C32H16N2OS2. The van der Waals surface area contributed by atoms with E-state index in [4.69, 9.17) is 14.4 Å². The first kappa shape index (κ1) is 19.9. The van der Waals surface area contributed by atoms with E-state index >= 15 is 0 Å². The molecule has 0 saturated carbocycles. The van der Waals surface area contributed by atoms with Crippen LogP contribution in [-0.2, 0) is 0 Å². The number of benzene rings is 5. The van der Waals surface area contributed by atoms with E-state index in [9.17, 15) is 0 Å². The van der Waals surface area contributed by atoms with E-state index in [0.29, 0.717) is 0 Å². The summed E-state index contributed by atoms with van der Waals surface area (Å²) in [7, 11) is 0. The van der Waals surface area contributed by atoms with Crippen LogP contribution in [0.2, 0.25) is 0 Å². The van der Waals surface area contributed by atoms with Crippen molar-refractivity contribution in [1.29, 1.82) is 0 Å². The normalized spacial score (nSPS) is 12.8. The highest BCUT2D eigenvalue weighted by Gasteiger charge is 2.24. The highest BCUT2D eigenvalue weighted by molar-refractivity contribution is 8.00. The van der Waals surface area contributed by atoms with Crippen molar-refractivity contribution in [2.75, 3.05) is 0 Å². The van der Waals surface area contributed by atoms with Crippen LogP contribution < -0.4 is 0 Å². The fraction of sp³-hybridized carbons (Fsp3) is 0. The van der Waals surface area contributed by atoms with Gasteiger partial charge in [0.05, 0.1) is 0 Å². The number of hydrogen-bond donors (Lipinski definition) is 0. The van der Waals surface area contributed by atoms with E-state index in [-0.39, 0.29) is 0 Å². The molecule has 37 heavy (non-hydrogen) atoms. The Labute approximate surface area is 219 Å². The monoisotopic (exact) mass is 508 g/mol. The number of para-hydroxylation sites is 1. The van der Waals surface area contributed by atoms with Crippen molar-refractivity contribution in [2.45, 2.75) is 9.79 Å². The predicted octanol–water partition coefficient (Wildman–Crippen LogP) is 9.70. The van der Waals surface area contributed by atoms with E-state index in [1.165, 1.54) is 40.7 Å². The molecule has 1 aliphatic rings. The summed E-state index contributed by atoms with van der Waals surface area (Å²) in [6.07, 6.45) is 0. The average molecular weight is 509 g/mol. The highest BCUT2D eigenvalue weighted by atomic mass is 32.2. The second-order valence-electron chi connectivity index (χ2n) is 9.35. The van der Waals surface area contributed by atoms with Crippen LogP contribution in [-0.4, -0.2) is 9.97 Å². The van der Waals surface area contributed by atoms with Gasteiger partial charge in [0.1, 0.15) is 16.8 Å². The highest BCUT2D eigenvalue weighted by Crippen LogP contribution is 2.53. The lowest BCUT2D eigenvalue weighted by Crippen LogP contribution is -1.95. The smallest absolute Gasteiger partial charge is 0.180 e. The van der Waals surface area contributed by atoms with Crippen LogP contribution in [0.1, 0.15) is 0 Å². The van der Waals surface area contributed by atoms with Gasteiger partial charge in [-0.2, -0.15) is 0 Å². The SMILES string of the molecule is c1ccc(-c2nc(-c3ccc4c5c3sc3ccc6cccc(c6c35)S4)nc3c2oc2ccccc23)cc1. The summed E-state index contributed by atoms with van der Waals surface area (Å²) in [4.78, 5) is 12.9. The summed E-state index contributed by atoms with van der Waals surface area (Å²) in [5.74, 6) is 0.733. The summed E-state index contributed by atoms with van der Waals surface area (Å²) in [5, 5.41) is 6.36. The van der Waals surface area contributed by atoms with Crippen molar-refractivity contribution in [3.63, 3.8) is 0 Å². The molecule has 3 nitrogen and oxygen atoms in total. The average Bonchev–Trinajstić information content (AvgIpc) is 3.53. The summed E-state index contributed by atoms with van der Waals surface area (Å²) >= 11 is 3.70. The zero-order valence-corrected chi connectivity index (χ0v) is 21.0. The number of hydrogen-bond acceptors (Lipinski definition) is 5. The fourth-order valence-electron chi connectivity index (χ4n) is 5.64. The molecule has 0 N–H and O–H groups in total. The Morgan fingerprint density at radius 3 is 2.46 bits per heavy atom. The lowest BCUT2D eigenvalue weighted by atomic mass is 10.0. The maximum Gasteiger partial charge on any atom is 0.180 e. The number of fused-ring (bicyclic) bond motifs is 3. The van der Waals surface area contributed by atoms with Gasteiger partial charge in [-0.15, -0.1) is 11.3 Å². The molecular weight excluding hydrogens is 492 g/mol. The molecule has 5 aromatic carbocycles. The summed E-state index contributed by atoms with van der Waals surface area (Å²) < 4.78 is 8.86. The molecule has 0 atom stereocenters. The Hall–Kier alpha value is -4.19. The first-order valence-corrected chi connectivity index (χ1v) is 13.8. The lowest BCUT2D eigenvalue weighted by Gasteiger charge is -2.15. The van der Waals surface area contributed by atoms with Crippen molar-refractivity contribution < 1.29 is 4.42 Å². The van der Waals surface area contributed by atoms with Crippen LogP contribution in [0.3, 0.4) is 0 Å². The number of aromatic nitrogens is 2. The quantitative estimate of drug-likeness (QED) is 0.233. The van der Waals surface area contributed by atoms with Crippen LogP contribution in [0, 0.1) is 0 Å². The second kappa shape index (κ2) is 7.19. The Morgan fingerprint density at radius 2 is 1.51 bits per heavy atom. The molecule has 0 aliphatic carbocycles. The molecule has 8 aromatic rings. The molecule has 1 aliphatic heterocycles. The predicted molar refractivity (Wildman–Crippen MR) is 155 cm³/mol. The van der Waals surface area contributed by atoms with E-state index < -0.39 is 0 Å². The van der Waals surface area contributed by atoms with Gasteiger partial charge in [-0.1, -0.05) is 72.4 Å². The third-order valence-electron chi connectivity index (χ3n) is 7.28. The number of furan rings is 1. The van der Waals surface area contributed by atoms with Crippen LogP contribution >= 0.6 is 23.1 Å². The van der Waals surface area contributed by atoms with Crippen molar-refractivity contribution in [2.24, 2.45) is 0 Å². The molecule has 0 fully saturated rings. The van der Waals surface area contributed by atoms with Crippen molar-refractivity contribution in [3.05, 3.63) is 97.1 Å². The van der Waals surface area contributed by atoms with Gasteiger partial charge in [0.2, 0.25) is 0 Å². The van der Waals surface area contributed by atoms with E-state index in [1.54, 1.807) is 0 Å². The number of thiophene rings is 1. The summed E-state index contributed by atoms with van der Waals surface area (Å²) in [6, 6.07) is 33.9. The minimum atomic E-state index is 0.729. The fourth-order valence-corrected chi connectivity index (χ4v) is 8.10. The molecule has 9 rings (SSSR count). The zero-order chi connectivity index (χ0) is 24.1. The standard InChI is InChI=1S/C32H16N2OS2/c1-2-7-18(8-3-1)28-30-29(19-10-4-5-11-21(19)35-30)34-32(33-28)20-14-16-24-27-26-23(37-31(20)27)15-13-17-9-6-12-22(36-24)25(17)26/h1-16H.